The summed E-state index contributed by atoms with van der Waals surface area (Å²) >= 11 is 5.16. The Balaban J connectivity index is 2.43. The van der Waals surface area contributed by atoms with Gasteiger partial charge in [-0.05, 0) is 49.2 Å². The summed E-state index contributed by atoms with van der Waals surface area (Å²) < 4.78 is 1.02. The molecule has 0 saturated carbocycles. The molecule has 18 heavy (non-hydrogen) atoms. The third-order valence-electron chi connectivity index (χ3n) is 2.65. The highest BCUT2D eigenvalue weighted by molar-refractivity contribution is 9.10. The van der Waals surface area contributed by atoms with E-state index in [1.54, 1.807) is 11.3 Å². The molecule has 0 spiro atoms. The van der Waals surface area contributed by atoms with Gasteiger partial charge in [0.1, 0.15) is 0 Å². The van der Waals surface area contributed by atoms with Crippen LogP contribution in [0.3, 0.4) is 0 Å². The van der Waals surface area contributed by atoms with Crippen LogP contribution in [-0.4, -0.2) is 0 Å². The Morgan fingerprint density at radius 2 is 1.94 bits per heavy atom. The number of hydrogen-bond donors (Lipinski definition) is 0. The van der Waals surface area contributed by atoms with E-state index in [9.17, 15) is 5.26 Å². The zero-order chi connectivity index (χ0) is 13.1. The summed E-state index contributed by atoms with van der Waals surface area (Å²) in [5, 5.41) is 9.28. The van der Waals surface area contributed by atoms with Gasteiger partial charge in [0.2, 0.25) is 0 Å². The second-order valence-electron chi connectivity index (χ2n) is 4.05. The van der Waals surface area contributed by atoms with Crippen LogP contribution in [0.1, 0.15) is 20.9 Å². The summed E-state index contributed by atoms with van der Waals surface area (Å²) in [6.07, 6.45) is 1.96. The lowest BCUT2D eigenvalue weighted by Crippen LogP contribution is -1.81. The zero-order valence-electron chi connectivity index (χ0n) is 10.2. The van der Waals surface area contributed by atoms with E-state index in [2.05, 4.69) is 41.9 Å². The van der Waals surface area contributed by atoms with Crippen LogP contribution in [0.4, 0.5) is 0 Å². The van der Waals surface area contributed by atoms with Crippen molar-refractivity contribution in [3.8, 4) is 6.07 Å². The number of halogens is 1. The van der Waals surface area contributed by atoms with Crippen LogP contribution in [0.5, 0.6) is 0 Å². The minimum atomic E-state index is 0.698. The maximum Gasteiger partial charge on any atom is 0.0998 e. The van der Waals surface area contributed by atoms with E-state index in [1.807, 2.05) is 30.3 Å². The standard InChI is InChI=1S/C15H12BrNS/c1-10-7-13(11(2)18-10)8-14(9-17)12-3-5-15(16)6-4-12/h3-8H,1-2H3/b14-8+. The van der Waals surface area contributed by atoms with E-state index in [0.717, 1.165) is 15.6 Å². The van der Waals surface area contributed by atoms with E-state index in [0.29, 0.717) is 5.57 Å². The number of rotatable bonds is 2. The maximum absolute atomic E-state index is 9.28. The molecule has 0 fully saturated rings. The molecule has 0 amide bonds. The molecule has 2 aromatic rings. The second-order valence-corrected chi connectivity index (χ2v) is 6.42. The first-order valence-corrected chi connectivity index (χ1v) is 7.16. The van der Waals surface area contributed by atoms with Crippen LogP contribution in [0.25, 0.3) is 11.6 Å². The summed E-state index contributed by atoms with van der Waals surface area (Å²) in [7, 11) is 0. The van der Waals surface area contributed by atoms with Crippen molar-refractivity contribution in [3.05, 3.63) is 55.7 Å². The molecule has 0 atom stereocenters. The summed E-state index contributed by atoms with van der Waals surface area (Å²) in [6.45, 7) is 4.17. The van der Waals surface area contributed by atoms with Crippen molar-refractivity contribution >= 4 is 38.9 Å². The third-order valence-corrected chi connectivity index (χ3v) is 4.17. The van der Waals surface area contributed by atoms with Crippen LogP contribution < -0.4 is 0 Å². The first kappa shape index (κ1) is 13.1. The molecule has 0 aliphatic heterocycles. The van der Waals surface area contributed by atoms with Crippen LogP contribution in [-0.2, 0) is 0 Å². The first-order chi connectivity index (χ1) is 8.60. The molecule has 0 aliphatic carbocycles. The lowest BCUT2D eigenvalue weighted by Gasteiger charge is -1.99. The summed E-state index contributed by atoms with van der Waals surface area (Å²) in [4.78, 5) is 2.52. The molecular weight excluding hydrogens is 306 g/mol. The molecule has 1 nitrogen and oxygen atoms in total. The Bertz CT molecular complexity index is 630. The highest BCUT2D eigenvalue weighted by Crippen LogP contribution is 2.26. The number of aryl methyl sites for hydroxylation is 2. The van der Waals surface area contributed by atoms with Gasteiger partial charge in [-0.1, -0.05) is 28.1 Å². The Labute approximate surface area is 120 Å². The lowest BCUT2D eigenvalue weighted by atomic mass is 10.0. The van der Waals surface area contributed by atoms with Gasteiger partial charge in [0.25, 0.3) is 0 Å². The Hall–Kier alpha value is -1.37. The predicted molar refractivity (Wildman–Crippen MR) is 81.4 cm³/mol. The monoisotopic (exact) mass is 317 g/mol. The van der Waals surface area contributed by atoms with Crippen molar-refractivity contribution in [2.45, 2.75) is 13.8 Å². The van der Waals surface area contributed by atoms with Gasteiger partial charge in [0.15, 0.2) is 0 Å². The number of allylic oxidation sites excluding steroid dienone is 1. The minimum Gasteiger partial charge on any atom is -0.192 e. The second kappa shape index (κ2) is 5.51. The Morgan fingerprint density at radius 1 is 1.28 bits per heavy atom. The topological polar surface area (TPSA) is 23.8 Å². The number of thiophene rings is 1. The molecule has 90 valence electrons. The van der Waals surface area contributed by atoms with Gasteiger partial charge in [-0.25, -0.2) is 0 Å². The zero-order valence-corrected chi connectivity index (χ0v) is 12.6. The fourth-order valence-corrected chi connectivity index (χ4v) is 2.93. The summed E-state index contributed by atoms with van der Waals surface area (Å²) in [5.41, 5.74) is 2.78. The quantitative estimate of drug-likeness (QED) is 0.699. The van der Waals surface area contributed by atoms with Crippen molar-refractivity contribution in [2.24, 2.45) is 0 Å². The molecule has 0 aliphatic rings. The largest absolute Gasteiger partial charge is 0.192 e. The molecule has 0 radical (unpaired) electrons. The van der Waals surface area contributed by atoms with Crippen molar-refractivity contribution < 1.29 is 0 Å². The van der Waals surface area contributed by atoms with Crippen LogP contribution >= 0.6 is 27.3 Å². The van der Waals surface area contributed by atoms with Crippen molar-refractivity contribution in [1.29, 1.82) is 5.26 Å². The number of hydrogen-bond acceptors (Lipinski definition) is 2. The number of nitrogens with zero attached hydrogens (tertiary/aromatic N) is 1. The van der Waals surface area contributed by atoms with E-state index in [4.69, 9.17) is 0 Å². The van der Waals surface area contributed by atoms with E-state index in [-0.39, 0.29) is 0 Å². The van der Waals surface area contributed by atoms with Gasteiger partial charge in [-0.2, -0.15) is 5.26 Å². The lowest BCUT2D eigenvalue weighted by molar-refractivity contribution is 1.51. The van der Waals surface area contributed by atoms with Crippen LogP contribution in [0.15, 0.2) is 34.8 Å². The van der Waals surface area contributed by atoms with Gasteiger partial charge in [0.05, 0.1) is 11.6 Å². The van der Waals surface area contributed by atoms with Gasteiger partial charge >= 0.3 is 0 Å². The van der Waals surface area contributed by atoms with E-state index in [1.165, 1.54) is 9.75 Å². The average molecular weight is 318 g/mol. The molecule has 0 saturated heterocycles. The normalized spacial score (nSPS) is 11.3. The average Bonchev–Trinajstić information content (AvgIpc) is 2.66. The fraction of sp³-hybridized carbons (Fsp3) is 0.133. The van der Waals surface area contributed by atoms with Crippen molar-refractivity contribution in [2.75, 3.05) is 0 Å². The van der Waals surface area contributed by atoms with E-state index < -0.39 is 0 Å². The smallest absolute Gasteiger partial charge is 0.0998 e. The predicted octanol–water partition coefficient (Wildman–Crippen LogP) is 5.19. The van der Waals surface area contributed by atoms with Gasteiger partial charge in [0, 0.05) is 14.2 Å². The molecule has 1 heterocycles. The fourth-order valence-electron chi connectivity index (χ4n) is 1.76. The molecule has 0 bridgehead atoms. The minimum absolute atomic E-state index is 0.698. The molecule has 2 rings (SSSR count). The summed E-state index contributed by atoms with van der Waals surface area (Å²) in [6, 6.07) is 12.2. The van der Waals surface area contributed by atoms with E-state index >= 15 is 0 Å². The highest BCUT2D eigenvalue weighted by Gasteiger charge is 2.04. The maximum atomic E-state index is 9.28. The van der Waals surface area contributed by atoms with Crippen LogP contribution in [0.2, 0.25) is 0 Å². The Kier molecular flexibility index (Phi) is 4.00. The molecule has 0 N–H and O–H groups in total. The third kappa shape index (κ3) is 2.90. The Morgan fingerprint density at radius 3 is 2.44 bits per heavy atom. The number of nitriles is 1. The van der Waals surface area contributed by atoms with Gasteiger partial charge in [-0.3, -0.25) is 0 Å². The molecule has 1 aromatic carbocycles. The molecular formula is C15H12BrNS. The summed E-state index contributed by atoms with van der Waals surface area (Å²) in [5.74, 6) is 0. The van der Waals surface area contributed by atoms with Gasteiger partial charge in [-0.15, -0.1) is 11.3 Å². The highest BCUT2D eigenvalue weighted by atomic mass is 79.9. The SMILES string of the molecule is Cc1cc(/C=C(\C#N)c2ccc(Br)cc2)c(C)s1. The first-order valence-electron chi connectivity index (χ1n) is 5.55. The molecule has 3 heteroatoms. The molecule has 1 aromatic heterocycles. The van der Waals surface area contributed by atoms with Crippen LogP contribution in [0, 0.1) is 25.2 Å². The van der Waals surface area contributed by atoms with Crippen molar-refractivity contribution in [3.63, 3.8) is 0 Å². The van der Waals surface area contributed by atoms with Crippen molar-refractivity contribution in [1.82, 2.24) is 0 Å². The number of benzene rings is 1. The molecule has 0 unspecified atom stereocenters. The van der Waals surface area contributed by atoms with Gasteiger partial charge < -0.3 is 0 Å².